The summed E-state index contributed by atoms with van der Waals surface area (Å²) < 4.78 is 8.49. The van der Waals surface area contributed by atoms with Gasteiger partial charge in [-0.1, -0.05) is 19.1 Å². The first-order valence-electron chi connectivity index (χ1n) is 6.28. The number of hydrogen-bond acceptors (Lipinski definition) is 3. The molecule has 4 nitrogen and oxygen atoms in total. The zero-order valence-electron chi connectivity index (χ0n) is 11.1. The van der Waals surface area contributed by atoms with Crippen molar-refractivity contribution in [2.75, 3.05) is 7.11 Å². The van der Waals surface area contributed by atoms with E-state index >= 15 is 0 Å². The Morgan fingerprint density at radius 1 is 1.47 bits per heavy atom. The molecular weight excluding hydrogens is 353 g/mol. The summed E-state index contributed by atoms with van der Waals surface area (Å²) in [5.74, 6) is 0.750. The van der Waals surface area contributed by atoms with Crippen molar-refractivity contribution in [1.82, 2.24) is 9.78 Å². The summed E-state index contributed by atoms with van der Waals surface area (Å²) in [6.45, 7) is 2.96. The highest BCUT2D eigenvalue weighted by molar-refractivity contribution is 14.1. The van der Waals surface area contributed by atoms with Crippen LogP contribution in [0.25, 0.3) is 0 Å². The maximum atomic E-state index is 6.39. The molecule has 0 aliphatic heterocycles. The van der Waals surface area contributed by atoms with E-state index in [4.69, 9.17) is 10.5 Å². The molecule has 2 rings (SSSR count). The van der Waals surface area contributed by atoms with Crippen LogP contribution in [0.4, 0.5) is 0 Å². The molecule has 1 aromatic heterocycles. The molecule has 1 atom stereocenters. The van der Waals surface area contributed by atoms with Crippen LogP contribution in [0.3, 0.4) is 0 Å². The molecule has 0 amide bonds. The van der Waals surface area contributed by atoms with E-state index in [1.54, 1.807) is 13.3 Å². The number of benzene rings is 1. The fourth-order valence-corrected chi connectivity index (χ4v) is 2.66. The maximum absolute atomic E-state index is 6.39. The lowest BCUT2D eigenvalue weighted by Crippen LogP contribution is -2.18. The molecule has 102 valence electrons. The molecule has 1 aromatic carbocycles. The van der Waals surface area contributed by atoms with Gasteiger partial charge in [-0.3, -0.25) is 4.68 Å². The van der Waals surface area contributed by atoms with Gasteiger partial charge in [-0.15, -0.1) is 0 Å². The van der Waals surface area contributed by atoms with Crippen LogP contribution >= 0.6 is 22.6 Å². The number of aromatic nitrogens is 2. The average molecular weight is 371 g/mol. The van der Waals surface area contributed by atoms with Gasteiger partial charge >= 0.3 is 0 Å². The third kappa shape index (κ3) is 3.09. The van der Waals surface area contributed by atoms with E-state index in [1.165, 1.54) is 3.57 Å². The molecule has 0 aliphatic carbocycles. The first kappa shape index (κ1) is 14.3. The normalized spacial score (nSPS) is 12.4. The molecule has 0 spiro atoms. The standard InChI is InChI=1S/C14H18IN3O/c1-3-7-18-14(12(19-2)9-17-18)13(16)10-5-4-6-11(15)8-10/h4-6,8-9,13H,3,7,16H2,1-2H3. The lowest BCUT2D eigenvalue weighted by molar-refractivity contribution is 0.404. The van der Waals surface area contributed by atoms with Gasteiger partial charge in [-0.2, -0.15) is 5.10 Å². The molecule has 0 saturated heterocycles. The van der Waals surface area contributed by atoms with Crippen LogP contribution in [0.15, 0.2) is 30.5 Å². The number of aryl methyl sites for hydroxylation is 1. The molecule has 1 unspecified atom stereocenters. The maximum Gasteiger partial charge on any atom is 0.161 e. The predicted octanol–water partition coefficient (Wildman–Crippen LogP) is 2.95. The minimum Gasteiger partial charge on any atom is -0.493 e. The minimum absolute atomic E-state index is 0.223. The third-order valence-corrected chi connectivity index (χ3v) is 3.67. The Bertz CT molecular complexity index is 553. The van der Waals surface area contributed by atoms with Crippen LogP contribution in [0.1, 0.15) is 30.6 Å². The second-order valence-corrected chi connectivity index (χ2v) is 5.60. The third-order valence-electron chi connectivity index (χ3n) is 3.00. The summed E-state index contributed by atoms with van der Waals surface area (Å²) in [7, 11) is 1.65. The lowest BCUT2D eigenvalue weighted by Gasteiger charge is -2.16. The molecule has 0 bridgehead atoms. The summed E-state index contributed by atoms with van der Waals surface area (Å²) in [6, 6.07) is 7.98. The smallest absolute Gasteiger partial charge is 0.161 e. The second-order valence-electron chi connectivity index (χ2n) is 4.35. The number of nitrogens with zero attached hydrogens (tertiary/aromatic N) is 2. The monoisotopic (exact) mass is 371 g/mol. The summed E-state index contributed by atoms with van der Waals surface area (Å²) in [6.07, 6.45) is 2.75. The van der Waals surface area contributed by atoms with Crippen LogP contribution in [-0.2, 0) is 6.54 Å². The van der Waals surface area contributed by atoms with Gasteiger partial charge in [0.05, 0.1) is 19.3 Å². The number of halogens is 1. The summed E-state index contributed by atoms with van der Waals surface area (Å²) in [5, 5.41) is 4.36. The molecule has 1 heterocycles. The molecule has 0 saturated carbocycles. The molecule has 5 heteroatoms. The molecule has 2 aromatic rings. The summed E-state index contributed by atoms with van der Waals surface area (Å²) in [5.41, 5.74) is 8.40. The number of rotatable bonds is 5. The number of methoxy groups -OCH3 is 1. The zero-order chi connectivity index (χ0) is 13.8. The van der Waals surface area contributed by atoms with E-state index < -0.39 is 0 Å². The van der Waals surface area contributed by atoms with Crippen molar-refractivity contribution >= 4 is 22.6 Å². The summed E-state index contributed by atoms with van der Waals surface area (Å²) >= 11 is 2.29. The van der Waals surface area contributed by atoms with Gasteiger partial charge in [0.15, 0.2) is 5.75 Å². The van der Waals surface area contributed by atoms with Crippen LogP contribution in [-0.4, -0.2) is 16.9 Å². The fourth-order valence-electron chi connectivity index (χ4n) is 2.10. The SMILES string of the molecule is CCCn1ncc(OC)c1C(N)c1cccc(I)c1. The average Bonchev–Trinajstić information content (AvgIpc) is 2.81. The van der Waals surface area contributed by atoms with Gasteiger partial charge in [-0.05, 0) is 46.7 Å². The van der Waals surface area contributed by atoms with Crippen molar-refractivity contribution < 1.29 is 4.74 Å². The highest BCUT2D eigenvalue weighted by atomic mass is 127. The van der Waals surface area contributed by atoms with Crippen LogP contribution < -0.4 is 10.5 Å². The quantitative estimate of drug-likeness (QED) is 0.823. The zero-order valence-corrected chi connectivity index (χ0v) is 13.3. The van der Waals surface area contributed by atoms with Gasteiger partial charge in [0.25, 0.3) is 0 Å². The summed E-state index contributed by atoms with van der Waals surface area (Å²) in [4.78, 5) is 0. The highest BCUT2D eigenvalue weighted by Gasteiger charge is 2.20. The van der Waals surface area contributed by atoms with Crippen molar-refractivity contribution in [3.8, 4) is 5.75 Å². The molecular formula is C14H18IN3O. The highest BCUT2D eigenvalue weighted by Crippen LogP contribution is 2.29. The van der Waals surface area contributed by atoms with E-state index in [0.717, 1.165) is 30.0 Å². The second kappa shape index (κ2) is 6.38. The lowest BCUT2D eigenvalue weighted by atomic mass is 10.0. The van der Waals surface area contributed by atoms with Crippen molar-refractivity contribution in [2.24, 2.45) is 5.73 Å². The molecule has 0 radical (unpaired) electrons. The number of ether oxygens (including phenoxy) is 1. The van der Waals surface area contributed by atoms with Crippen molar-refractivity contribution in [3.05, 3.63) is 45.3 Å². The number of nitrogens with two attached hydrogens (primary N) is 1. The van der Waals surface area contributed by atoms with E-state index in [9.17, 15) is 0 Å². The van der Waals surface area contributed by atoms with Crippen molar-refractivity contribution in [3.63, 3.8) is 0 Å². The van der Waals surface area contributed by atoms with E-state index in [2.05, 4.69) is 46.7 Å². The van der Waals surface area contributed by atoms with E-state index in [1.807, 2.05) is 16.8 Å². The Labute approximate surface area is 127 Å². The first-order valence-corrected chi connectivity index (χ1v) is 7.36. The van der Waals surface area contributed by atoms with Crippen LogP contribution in [0, 0.1) is 3.57 Å². The Morgan fingerprint density at radius 2 is 2.26 bits per heavy atom. The van der Waals surface area contributed by atoms with Gasteiger partial charge < -0.3 is 10.5 Å². The Hall–Kier alpha value is -1.08. The molecule has 19 heavy (non-hydrogen) atoms. The van der Waals surface area contributed by atoms with Gasteiger partial charge in [0.2, 0.25) is 0 Å². The van der Waals surface area contributed by atoms with E-state index in [-0.39, 0.29) is 6.04 Å². The van der Waals surface area contributed by atoms with Gasteiger partial charge in [-0.25, -0.2) is 0 Å². The van der Waals surface area contributed by atoms with E-state index in [0.29, 0.717) is 0 Å². The van der Waals surface area contributed by atoms with Crippen LogP contribution in [0.5, 0.6) is 5.75 Å². The molecule has 0 aliphatic rings. The van der Waals surface area contributed by atoms with Gasteiger partial charge in [0, 0.05) is 10.1 Å². The fraction of sp³-hybridized carbons (Fsp3) is 0.357. The Morgan fingerprint density at radius 3 is 2.89 bits per heavy atom. The van der Waals surface area contributed by atoms with Gasteiger partial charge in [0.1, 0.15) is 5.69 Å². The van der Waals surface area contributed by atoms with Crippen LogP contribution in [0.2, 0.25) is 0 Å². The topological polar surface area (TPSA) is 53.1 Å². The molecule has 2 N–H and O–H groups in total. The molecule has 0 fully saturated rings. The van der Waals surface area contributed by atoms with Crippen molar-refractivity contribution in [1.29, 1.82) is 0 Å². The Balaban J connectivity index is 2.41. The number of hydrogen-bond donors (Lipinski definition) is 1. The minimum atomic E-state index is -0.223. The largest absolute Gasteiger partial charge is 0.493 e. The van der Waals surface area contributed by atoms with Crippen molar-refractivity contribution in [2.45, 2.75) is 25.9 Å². The Kier molecular flexibility index (Phi) is 4.81. The predicted molar refractivity (Wildman–Crippen MR) is 84.3 cm³/mol. The first-order chi connectivity index (χ1) is 9.17.